The number of anilines is 2. The topological polar surface area (TPSA) is 102 Å². The van der Waals surface area contributed by atoms with E-state index in [1.54, 1.807) is 5.01 Å². The first kappa shape index (κ1) is 29.2. The van der Waals surface area contributed by atoms with E-state index >= 15 is 0 Å². The highest BCUT2D eigenvalue weighted by Crippen LogP contribution is 2.33. The second-order valence-electron chi connectivity index (χ2n) is 11.6. The van der Waals surface area contributed by atoms with E-state index in [4.69, 9.17) is 25.8 Å². The zero-order chi connectivity index (χ0) is 30.1. The monoisotopic (exact) mass is 566 g/mol. The summed E-state index contributed by atoms with van der Waals surface area (Å²) in [6.07, 6.45) is 0.479. The van der Waals surface area contributed by atoms with Crippen molar-refractivity contribution in [2.45, 2.75) is 26.4 Å². The SMILES string of the molecule is Cc1cc(N(C)C)c2cc(C3=NC(c4ccc5nc(C)cc(N(C)C)c5c4)N(N)C(NCCCN(C)C)=N3)ccc2n1. The number of hydrogen-bond donors (Lipinski definition) is 2. The molecule has 0 bridgehead atoms. The van der Waals surface area contributed by atoms with Crippen LogP contribution in [0.3, 0.4) is 0 Å². The first-order chi connectivity index (χ1) is 20.0. The minimum Gasteiger partial charge on any atom is -0.377 e. The fourth-order valence-corrected chi connectivity index (χ4v) is 5.31. The first-order valence-electron chi connectivity index (χ1n) is 14.3. The maximum atomic E-state index is 6.75. The number of guanidine groups is 1. The summed E-state index contributed by atoms with van der Waals surface area (Å²) in [6.45, 7) is 5.74. The van der Waals surface area contributed by atoms with Crippen molar-refractivity contribution in [1.29, 1.82) is 0 Å². The summed E-state index contributed by atoms with van der Waals surface area (Å²) in [7, 11) is 12.3. The second-order valence-corrected chi connectivity index (χ2v) is 11.6. The van der Waals surface area contributed by atoms with Crippen LogP contribution in [0.2, 0.25) is 0 Å². The summed E-state index contributed by atoms with van der Waals surface area (Å²) in [5, 5.41) is 7.22. The molecule has 220 valence electrons. The molecule has 2 aromatic heterocycles. The number of nitrogens with two attached hydrogens (primary N) is 1. The summed E-state index contributed by atoms with van der Waals surface area (Å²) < 4.78 is 0. The predicted molar refractivity (Wildman–Crippen MR) is 176 cm³/mol. The minimum absolute atomic E-state index is 0.477. The van der Waals surface area contributed by atoms with Crippen LogP contribution < -0.4 is 21.0 Å². The molecular formula is C32H42N10. The molecule has 0 radical (unpaired) electrons. The lowest BCUT2D eigenvalue weighted by molar-refractivity contribution is 0.318. The average molecular weight is 567 g/mol. The van der Waals surface area contributed by atoms with Crippen molar-refractivity contribution in [1.82, 2.24) is 25.2 Å². The fourth-order valence-electron chi connectivity index (χ4n) is 5.31. The zero-order valence-electron chi connectivity index (χ0n) is 26.0. The van der Waals surface area contributed by atoms with Gasteiger partial charge in [-0.05, 0) is 88.9 Å². The minimum atomic E-state index is -0.477. The van der Waals surface area contributed by atoms with Crippen molar-refractivity contribution in [3.05, 3.63) is 71.0 Å². The van der Waals surface area contributed by atoms with Gasteiger partial charge in [-0.3, -0.25) is 15.0 Å². The molecule has 0 saturated heterocycles. The molecule has 1 aliphatic heterocycles. The van der Waals surface area contributed by atoms with Gasteiger partial charge >= 0.3 is 0 Å². The number of pyridine rings is 2. The van der Waals surface area contributed by atoms with Crippen LogP contribution >= 0.6 is 0 Å². The van der Waals surface area contributed by atoms with E-state index in [2.05, 4.69) is 70.5 Å². The number of aryl methyl sites for hydroxylation is 2. The number of benzene rings is 2. The Morgan fingerprint density at radius 2 is 1.40 bits per heavy atom. The summed E-state index contributed by atoms with van der Waals surface area (Å²) >= 11 is 0. The smallest absolute Gasteiger partial charge is 0.217 e. The number of amidine groups is 1. The summed E-state index contributed by atoms with van der Waals surface area (Å²) in [5.41, 5.74) is 7.92. The predicted octanol–water partition coefficient (Wildman–Crippen LogP) is 4.06. The molecule has 10 nitrogen and oxygen atoms in total. The number of nitrogens with one attached hydrogen (secondary N) is 1. The molecule has 0 fully saturated rings. The Bertz CT molecular complexity index is 1670. The molecule has 5 rings (SSSR count). The Labute approximate surface area is 248 Å². The quantitative estimate of drug-likeness (QED) is 0.243. The number of fused-ring (bicyclic) bond motifs is 2. The Morgan fingerprint density at radius 1 is 0.810 bits per heavy atom. The van der Waals surface area contributed by atoms with Crippen molar-refractivity contribution in [3.8, 4) is 0 Å². The van der Waals surface area contributed by atoms with Gasteiger partial charge in [-0.15, -0.1) is 0 Å². The lowest BCUT2D eigenvalue weighted by Crippen LogP contribution is -2.50. The molecule has 0 saturated carbocycles. The third kappa shape index (κ3) is 6.00. The van der Waals surface area contributed by atoms with Gasteiger partial charge < -0.3 is 20.0 Å². The highest BCUT2D eigenvalue weighted by atomic mass is 15.5. The highest BCUT2D eigenvalue weighted by molar-refractivity contribution is 6.09. The van der Waals surface area contributed by atoms with E-state index in [0.717, 1.165) is 75.2 Å². The summed E-state index contributed by atoms with van der Waals surface area (Å²) in [6, 6.07) is 16.7. The van der Waals surface area contributed by atoms with E-state index in [1.807, 2.05) is 54.2 Å². The zero-order valence-corrected chi connectivity index (χ0v) is 26.0. The van der Waals surface area contributed by atoms with E-state index in [1.165, 1.54) is 0 Å². The van der Waals surface area contributed by atoms with Gasteiger partial charge in [0.1, 0.15) is 0 Å². The Morgan fingerprint density at radius 3 is 2.00 bits per heavy atom. The maximum absolute atomic E-state index is 6.75. The van der Waals surface area contributed by atoms with Gasteiger partial charge in [0.05, 0.1) is 11.0 Å². The van der Waals surface area contributed by atoms with Gasteiger partial charge in [0.15, 0.2) is 12.0 Å². The summed E-state index contributed by atoms with van der Waals surface area (Å²) in [5.74, 6) is 7.97. The van der Waals surface area contributed by atoms with Crippen LogP contribution in [0.5, 0.6) is 0 Å². The van der Waals surface area contributed by atoms with Crippen molar-refractivity contribution < 1.29 is 0 Å². The van der Waals surface area contributed by atoms with E-state index in [9.17, 15) is 0 Å². The van der Waals surface area contributed by atoms with Gasteiger partial charge in [-0.2, -0.15) is 4.99 Å². The number of nitrogens with zero attached hydrogens (tertiary/aromatic N) is 8. The van der Waals surface area contributed by atoms with Crippen LogP contribution in [0.15, 0.2) is 58.5 Å². The Kier molecular flexibility index (Phi) is 8.29. The largest absolute Gasteiger partial charge is 0.377 e. The fraction of sp³-hybridized carbons (Fsp3) is 0.375. The van der Waals surface area contributed by atoms with Crippen LogP contribution in [0.1, 0.15) is 35.1 Å². The molecule has 3 N–H and O–H groups in total. The molecular weight excluding hydrogens is 524 g/mol. The van der Waals surface area contributed by atoms with Crippen molar-refractivity contribution >= 4 is 45.0 Å². The highest BCUT2D eigenvalue weighted by Gasteiger charge is 2.27. The van der Waals surface area contributed by atoms with Crippen LogP contribution in [-0.2, 0) is 0 Å². The number of aromatic nitrogens is 2. The molecule has 1 atom stereocenters. The van der Waals surface area contributed by atoms with Crippen molar-refractivity contribution in [2.75, 3.05) is 65.2 Å². The van der Waals surface area contributed by atoms with Crippen LogP contribution in [0, 0.1) is 13.8 Å². The number of rotatable bonds is 8. The molecule has 42 heavy (non-hydrogen) atoms. The van der Waals surface area contributed by atoms with Crippen LogP contribution in [0.25, 0.3) is 21.8 Å². The van der Waals surface area contributed by atoms with Crippen LogP contribution in [0.4, 0.5) is 11.4 Å². The van der Waals surface area contributed by atoms with Crippen LogP contribution in [-0.4, -0.2) is 87.0 Å². The molecule has 10 heteroatoms. The van der Waals surface area contributed by atoms with E-state index < -0.39 is 6.17 Å². The standard InChI is InChI=1S/C32H42N10/c1-20-16-28(40(5)6)24-18-22(10-12-26(24)35-20)30-37-31(42(33)32(38-30)34-14-9-15-39(3)4)23-11-13-27-25(19-23)29(41(7)8)17-21(2)36-27/h10-13,16-19,31H,9,14-15,33H2,1-8H3,(H,34,37,38). The Balaban J connectivity index is 1.61. The molecule has 3 heterocycles. The lowest BCUT2D eigenvalue weighted by Gasteiger charge is -2.32. The van der Waals surface area contributed by atoms with Gasteiger partial charge in [0.2, 0.25) is 5.96 Å². The molecule has 0 amide bonds. The van der Waals surface area contributed by atoms with Gasteiger partial charge in [0, 0.05) is 73.8 Å². The van der Waals surface area contributed by atoms with Gasteiger partial charge in [0.25, 0.3) is 0 Å². The average Bonchev–Trinajstić information content (AvgIpc) is 2.94. The van der Waals surface area contributed by atoms with Gasteiger partial charge in [-0.1, -0.05) is 6.07 Å². The molecule has 2 aromatic carbocycles. The van der Waals surface area contributed by atoms with Gasteiger partial charge in [-0.25, -0.2) is 10.8 Å². The molecule has 0 aliphatic carbocycles. The third-order valence-electron chi connectivity index (χ3n) is 7.40. The molecule has 0 spiro atoms. The van der Waals surface area contributed by atoms with E-state index in [-0.39, 0.29) is 0 Å². The summed E-state index contributed by atoms with van der Waals surface area (Å²) in [4.78, 5) is 26.0. The lowest BCUT2D eigenvalue weighted by atomic mass is 10.0. The number of hydrazine groups is 1. The number of aliphatic imine (C=N–C) groups is 2. The maximum Gasteiger partial charge on any atom is 0.217 e. The first-order valence-corrected chi connectivity index (χ1v) is 14.3. The van der Waals surface area contributed by atoms with Crippen molar-refractivity contribution in [2.24, 2.45) is 15.8 Å². The molecule has 4 aromatic rings. The number of hydrogen-bond acceptors (Lipinski definition) is 10. The second kappa shape index (κ2) is 11.9. The molecule has 1 aliphatic rings. The normalized spacial score (nSPS) is 15.3. The molecule has 1 unspecified atom stereocenters. The Hall–Kier alpha value is -4.28. The third-order valence-corrected chi connectivity index (χ3v) is 7.40. The van der Waals surface area contributed by atoms with E-state index in [0.29, 0.717) is 11.8 Å². The van der Waals surface area contributed by atoms with Crippen molar-refractivity contribution in [3.63, 3.8) is 0 Å².